The van der Waals surface area contributed by atoms with Crippen molar-refractivity contribution >= 4 is 6.09 Å². The maximum absolute atomic E-state index is 12.0. The van der Waals surface area contributed by atoms with Gasteiger partial charge in [0.1, 0.15) is 5.60 Å². The lowest BCUT2D eigenvalue weighted by Crippen LogP contribution is -2.46. The van der Waals surface area contributed by atoms with Crippen molar-refractivity contribution in [2.45, 2.75) is 52.7 Å². The molecule has 0 spiro atoms. The minimum atomic E-state index is -0.479. The van der Waals surface area contributed by atoms with Crippen molar-refractivity contribution in [3.8, 4) is 0 Å². The normalized spacial score (nSPS) is 13.0. The molecule has 0 radical (unpaired) electrons. The summed E-state index contributed by atoms with van der Waals surface area (Å²) in [5, 5.41) is 6.38. The molecule has 0 unspecified atom stereocenters. The molecule has 4 nitrogen and oxygen atoms in total. The quantitative estimate of drug-likeness (QED) is 0.812. The van der Waals surface area contributed by atoms with Crippen molar-refractivity contribution in [1.29, 1.82) is 0 Å². The second-order valence-electron chi connectivity index (χ2n) is 7.08. The topological polar surface area (TPSA) is 50.4 Å². The van der Waals surface area contributed by atoms with Crippen molar-refractivity contribution in [2.24, 2.45) is 5.92 Å². The number of nitrogens with one attached hydrogen (secondary N) is 2. The molecular weight excluding hydrogens is 276 g/mol. The van der Waals surface area contributed by atoms with Gasteiger partial charge < -0.3 is 15.4 Å². The summed E-state index contributed by atoms with van der Waals surface area (Å²) in [6, 6.07) is 10.2. The highest BCUT2D eigenvalue weighted by atomic mass is 16.6. The zero-order valence-corrected chi connectivity index (χ0v) is 14.5. The fraction of sp³-hybridized carbons (Fsp3) is 0.611. The predicted octanol–water partition coefficient (Wildman–Crippen LogP) is 3.37. The fourth-order valence-electron chi connectivity index (χ4n) is 2.09. The molecule has 0 fully saturated rings. The summed E-state index contributed by atoms with van der Waals surface area (Å²) in [6.45, 7) is 11.6. The third kappa shape index (κ3) is 8.67. The zero-order chi connectivity index (χ0) is 16.6. The minimum absolute atomic E-state index is 0.0102. The number of hydrogen-bond donors (Lipinski definition) is 2. The molecule has 1 rings (SSSR count). The Hall–Kier alpha value is -1.55. The number of ether oxygens (including phenoxy) is 1. The maximum Gasteiger partial charge on any atom is 0.407 e. The molecule has 2 N–H and O–H groups in total. The maximum atomic E-state index is 12.0. The molecule has 1 aromatic carbocycles. The Morgan fingerprint density at radius 2 is 1.77 bits per heavy atom. The molecule has 0 aromatic heterocycles. The number of amides is 1. The number of carbonyl (C=O) groups excluding carboxylic acids is 1. The molecule has 1 aromatic rings. The Morgan fingerprint density at radius 1 is 1.14 bits per heavy atom. The predicted molar refractivity (Wildman–Crippen MR) is 91.0 cm³/mol. The molecule has 124 valence electrons. The monoisotopic (exact) mass is 306 g/mol. The van der Waals surface area contributed by atoms with E-state index in [-0.39, 0.29) is 12.1 Å². The number of rotatable bonds is 7. The zero-order valence-electron chi connectivity index (χ0n) is 14.5. The first-order chi connectivity index (χ1) is 10.3. The first kappa shape index (κ1) is 18.5. The van der Waals surface area contributed by atoms with Gasteiger partial charge in [0.25, 0.3) is 0 Å². The summed E-state index contributed by atoms with van der Waals surface area (Å²) >= 11 is 0. The molecular formula is C18H30N2O2. The lowest BCUT2D eigenvalue weighted by atomic mass is 10.1. The van der Waals surface area contributed by atoms with Crippen LogP contribution in [0.5, 0.6) is 0 Å². The highest BCUT2D eigenvalue weighted by Crippen LogP contribution is 2.08. The van der Waals surface area contributed by atoms with Gasteiger partial charge in [0, 0.05) is 12.6 Å². The summed E-state index contributed by atoms with van der Waals surface area (Å²) in [7, 11) is 0. The number of hydrogen-bond acceptors (Lipinski definition) is 3. The summed E-state index contributed by atoms with van der Waals surface area (Å²) < 4.78 is 5.36. The molecule has 0 saturated heterocycles. The van der Waals surface area contributed by atoms with Crippen LogP contribution in [0.25, 0.3) is 0 Å². The van der Waals surface area contributed by atoms with Gasteiger partial charge in [-0.25, -0.2) is 4.79 Å². The van der Waals surface area contributed by atoms with E-state index in [1.807, 2.05) is 39.0 Å². The molecule has 22 heavy (non-hydrogen) atoms. The van der Waals surface area contributed by atoms with Gasteiger partial charge in [0.05, 0.1) is 0 Å². The van der Waals surface area contributed by atoms with Crippen LogP contribution in [0.4, 0.5) is 4.79 Å². The molecule has 0 saturated carbocycles. The van der Waals surface area contributed by atoms with Crippen LogP contribution in [0.3, 0.4) is 0 Å². The van der Waals surface area contributed by atoms with Gasteiger partial charge in [0.2, 0.25) is 0 Å². The second kappa shape index (κ2) is 8.79. The van der Waals surface area contributed by atoms with Crippen LogP contribution < -0.4 is 10.6 Å². The van der Waals surface area contributed by atoms with E-state index in [1.54, 1.807) is 0 Å². The molecule has 1 atom stereocenters. The van der Waals surface area contributed by atoms with Gasteiger partial charge in [-0.1, -0.05) is 44.2 Å². The van der Waals surface area contributed by atoms with Gasteiger partial charge in [-0.05, 0) is 45.2 Å². The third-order valence-electron chi connectivity index (χ3n) is 2.99. The van der Waals surface area contributed by atoms with Crippen LogP contribution in [0, 0.1) is 5.92 Å². The number of alkyl carbamates (subject to hydrolysis) is 1. The van der Waals surface area contributed by atoms with E-state index in [9.17, 15) is 4.79 Å². The largest absolute Gasteiger partial charge is 0.444 e. The van der Waals surface area contributed by atoms with E-state index in [4.69, 9.17) is 4.74 Å². The molecule has 0 heterocycles. The van der Waals surface area contributed by atoms with Crippen molar-refractivity contribution in [1.82, 2.24) is 10.6 Å². The molecule has 1 amide bonds. The van der Waals surface area contributed by atoms with E-state index in [0.29, 0.717) is 5.92 Å². The van der Waals surface area contributed by atoms with Crippen molar-refractivity contribution in [3.63, 3.8) is 0 Å². The van der Waals surface area contributed by atoms with E-state index < -0.39 is 5.60 Å². The van der Waals surface area contributed by atoms with Crippen LogP contribution in [-0.4, -0.2) is 30.8 Å². The number of carbonyl (C=O) groups is 1. The van der Waals surface area contributed by atoms with Crippen molar-refractivity contribution in [2.75, 3.05) is 13.1 Å². The highest BCUT2D eigenvalue weighted by Gasteiger charge is 2.19. The first-order valence-electron chi connectivity index (χ1n) is 8.00. The summed E-state index contributed by atoms with van der Waals surface area (Å²) in [5.41, 5.74) is 0.724. The average molecular weight is 306 g/mol. The number of benzene rings is 1. The molecule has 0 aliphatic carbocycles. The van der Waals surface area contributed by atoms with Gasteiger partial charge in [-0.2, -0.15) is 0 Å². The molecule has 4 heteroatoms. The summed E-state index contributed by atoms with van der Waals surface area (Å²) in [4.78, 5) is 12.0. The lowest BCUT2D eigenvalue weighted by Gasteiger charge is -2.24. The van der Waals surface area contributed by atoms with Crippen LogP contribution >= 0.6 is 0 Å². The van der Waals surface area contributed by atoms with Gasteiger partial charge >= 0.3 is 6.09 Å². The Kier molecular flexibility index (Phi) is 7.39. The molecule has 0 aliphatic heterocycles. The van der Waals surface area contributed by atoms with E-state index in [0.717, 1.165) is 19.5 Å². The Morgan fingerprint density at radius 3 is 2.32 bits per heavy atom. The van der Waals surface area contributed by atoms with Crippen LogP contribution in [0.1, 0.15) is 40.2 Å². The van der Waals surface area contributed by atoms with Gasteiger partial charge in [-0.15, -0.1) is 0 Å². The summed E-state index contributed by atoms with van der Waals surface area (Å²) in [5.74, 6) is 0.582. The Balaban J connectivity index is 2.59. The second-order valence-corrected chi connectivity index (χ2v) is 7.08. The van der Waals surface area contributed by atoms with Crippen LogP contribution in [-0.2, 0) is 11.2 Å². The van der Waals surface area contributed by atoms with Gasteiger partial charge in [0.15, 0.2) is 0 Å². The van der Waals surface area contributed by atoms with Crippen LogP contribution in [0.2, 0.25) is 0 Å². The van der Waals surface area contributed by atoms with E-state index in [2.05, 4.69) is 36.6 Å². The Bertz CT molecular complexity index is 438. The average Bonchev–Trinajstić information content (AvgIpc) is 2.36. The molecule has 0 bridgehead atoms. The van der Waals surface area contributed by atoms with Crippen molar-refractivity contribution < 1.29 is 9.53 Å². The van der Waals surface area contributed by atoms with Gasteiger partial charge in [-0.3, -0.25) is 0 Å². The van der Waals surface area contributed by atoms with E-state index in [1.165, 1.54) is 5.56 Å². The summed E-state index contributed by atoms with van der Waals surface area (Å²) in [6.07, 6.45) is 0.422. The standard InChI is InChI=1S/C18H30N2O2/c1-14(2)12-19-13-16(11-15-9-7-6-8-10-15)20-17(21)22-18(3,4)5/h6-10,14,16,19H,11-13H2,1-5H3,(H,20,21)/t16-/m0/s1. The fourth-order valence-corrected chi connectivity index (χ4v) is 2.09. The highest BCUT2D eigenvalue weighted by molar-refractivity contribution is 5.68. The molecule has 0 aliphatic rings. The SMILES string of the molecule is CC(C)CNC[C@H](Cc1ccccc1)NC(=O)OC(C)(C)C. The smallest absolute Gasteiger partial charge is 0.407 e. The van der Waals surface area contributed by atoms with Crippen LogP contribution in [0.15, 0.2) is 30.3 Å². The minimum Gasteiger partial charge on any atom is -0.444 e. The Labute approximate surface area is 134 Å². The van der Waals surface area contributed by atoms with Crippen molar-refractivity contribution in [3.05, 3.63) is 35.9 Å². The third-order valence-corrected chi connectivity index (χ3v) is 2.99. The lowest BCUT2D eigenvalue weighted by molar-refractivity contribution is 0.0504. The van der Waals surface area contributed by atoms with E-state index >= 15 is 0 Å². The first-order valence-corrected chi connectivity index (χ1v) is 8.00.